The molecule has 2 heteroatoms. The lowest BCUT2D eigenvalue weighted by Crippen LogP contribution is -2.37. The standard InChI is InChI=1S/C17H27NO/c1-16(2,3)13-7-8-15(19)14(11-13)17(12-18)9-5-4-6-10-17/h7-8,11,19H,4-6,9-10,12,18H2,1-3H3. The van der Waals surface area contributed by atoms with E-state index < -0.39 is 0 Å². The molecule has 2 nitrogen and oxygen atoms in total. The third-order valence-electron chi connectivity index (χ3n) is 4.64. The van der Waals surface area contributed by atoms with Crippen LogP contribution in [0.5, 0.6) is 5.75 Å². The van der Waals surface area contributed by atoms with E-state index in [1.807, 2.05) is 12.1 Å². The highest BCUT2D eigenvalue weighted by Gasteiger charge is 2.35. The summed E-state index contributed by atoms with van der Waals surface area (Å²) >= 11 is 0. The van der Waals surface area contributed by atoms with Crippen molar-refractivity contribution in [3.63, 3.8) is 0 Å². The van der Waals surface area contributed by atoms with Gasteiger partial charge in [0.15, 0.2) is 0 Å². The number of phenols is 1. The fourth-order valence-electron chi connectivity index (χ4n) is 3.24. The van der Waals surface area contributed by atoms with Crippen LogP contribution in [-0.4, -0.2) is 11.7 Å². The van der Waals surface area contributed by atoms with Gasteiger partial charge in [0.25, 0.3) is 0 Å². The highest BCUT2D eigenvalue weighted by atomic mass is 16.3. The van der Waals surface area contributed by atoms with E-state index in [4.69, 9.17) is 5.73 Å². The van der Waals surface area contributed by atoms with Crippen molar-refractivity contribution in [2.45, 2.75) is 63.7 Å². The zero-order valence-electron chi connectivity index (χ0n) is 12.5. The van der Waals surface area contributed by atoms with Crippen molar-refractivity contribution in [2.75, 3.05) is 6.54 Å². The number of aromatic hydroxyl groups is 1. The molecule has 0 atom stereocenters. The maximum Gasteiger partial charge on any atom is 0.119 e. The van der Waals surface area contributed by atoms with Gasteiger partial charge < -0.3 is 10.8 Å². The molecule has 1 fully saturated rings. The summed E-state index contributed by atoms with van der Waals surface area (Å²) in [7, 11) is 0. The largest absolute Gasteiger partial charge is 0.508 e. The van der Waals surface area contributed by atoms with Crippen LogP contribution >= 0.6 is 0 Å². The molecule has 0 bridgehead atoms. The molecule has 1 aliphatic carbocycles. The van der Waals surface area contributed by atoms with Crippen molar-refractivity contribution in [2.24, 2.45) is 5.73 Å². The topological polar surface area (TPSA) is 46.2 Å². The first kappa shape index (κ1) is 14.4. The zero-order chi connectivity index (χ0) is 14.1. The van der Waals surface area contributed by atoms with Crippen LogP contribution in [0.25, 0.3) is 0 Å². The smallest absolute Gasteiger partial charge is 0.119 e. The Balaban J connectivity index is 2.47. The van der Waals surface area contributed by atoms with Gasteiger partial charge in [0, 0.05) is 17.5 Å². The van der Waals surface area contributed by atoms with E-state index in [-0.39, 0.29) is 10.8 Å². The first-order valence-electron chi connectivity index (χ1n) is 7.43. The first-order valence-corrected chi connectivity index (χ1v) is 7.43. The maximum atomic E-state index is 10.3. The second-order valence-corrected chi connectivity index (χ2v) is 7.03. The minimum absolute atomic E-state index is 0.0103. The molecule has 1 aromatic carbocycles. The Hall–Kier alpha value is -1.02. The molecule has 0 amide bonds. The molecule has 0 saturated heterocycles. The average molecular weight is 261 g/mol. The summed E-state index contributed by atoms with van der Waals surface area (Å²) in [5.74, 6) is 0.417. The third-order valence-corrected chi connectivity index (χ3v) is 4.64. The predicted octanol–water partition coefficient (Wildman–Crippen LogP) is 3.85. The monoisotopic (exact) mass is 261 g/mol. The highest BCUT2D eigenvalue weighted by molar-refractivity contribution is 5.44. The van der Waals surface area contributed by atoms with E-state index in [0.717, 1.165) is 18.4 Å². The molecule has 1 aliphatic rings. The van der Waals surface area contributed by atoms with Crippen LogP contribution < -0.4 is 5.73 Å². The van der Waals surface area contributed by atoms with Gasteiger partial charge in [-0.05, 0) is 29.9 Å². The molecule has 0 unspecified atom stereocenters. The quantitative estimate of drug-likeness (QED) is 0.849. The number of hydrogen-bond acceptors (Lipinski definition) is 2. The van der Waals surface area contributed by atoms with Gasteiger partial charge in [0.05, 0.1) is 0 Å². The molecule has 0 radical (unpaired) electrons. The summed E-state index contributed by atoms with van der Waals surface area (Å²) in [6.07, 6.45) is 5.93. The van der Waals surface area contributed by atoms with Crippen LogP contribution in [0.3, 0.4) is 0 Å². The summed E-state index contributed by atoms with van der Waals surface area (Å²) in [5, 5.41) is 10.3. The van der Waals surface area contributed by atoms with Crippen molar-refractivity contribution in [1.29, 1.82) is 0 Å². The predicted molar refractivity (Wildman–Crippen MR) is 80.6 cm³/mol. The minimum atomic E-state index is -0.0103. The van der Waals surface area contributed by atoms with Crippen LogP contribution in [0.4, 0.5) is 0 Å². The molecule has 0 aliphatic heterocycles. The van der Waals surface area contributed by atoms with E-state index >= 15 is 0 Å². The summed E-state index contributed by atoms with van der Waals surface area (Å²) in [5.41, 5.74) is 8.53. The second-order valence-electron chi connectivity index (χ2n) is 7.03. The van der Waals surface area contributed by atoms with Gasteiger partial charge in [0.1, 0.15) is 5.75 Å². The Labute approximate surface area is 117 Å². The number of rotatable bonds is 2. The van der Waals surface area contributed by atoms with Gasteiger partial charge in [-0.3, -0.25) is 0 Å². The minimum Gasteiger partial charge on any atom is -0.508 e. The lowest BCUT2D eigenvalue weighted by molar-refractivity contribution is 0.290. The number of phenolic OH excluding ortho intramolecular Hbond substituents is 1. The normalized spacial score (nSPS) is 19.4. The van der Waals surface area contributed by atoms with Crippen molar-refractivity contribution >= 4 is 0 Å². The molecular weight excluding hydrogens is 234 g/mol. The molecule has 1 saturated carbocycles. The molecule has 2 rings (SSSR count). The molecule has 19 heavy (non-hydrogen) atoms. The molecule has 0 spiro atoms. The lowest BCUT2D eigenvalue weighted by Gasteiger charge is -2.38. The molecule has 0 heterocycles. The Bertz CT molecular complexity index is 439. The van der Waals surface area contributed by atoms with Crippen molar-refractivity contribution < 1.29 is 5.11 Å². The van der Waals surface area contributed by atoms with Crippen LogP contribution in [-0.2, 0) is 10.8 Å². The van der Waals surface area contributed by atoms with Gasteiger partial charge in [0.2, 0.25) is 0 Å². The average Bonchev–Trinajstić information content (AvgIpc) is 2.38. The number of benzene rings is 1. The van der Waals surface area contributed by atoms with Crippen molar-refractivity contribution in [1.82, 2.24) is 0 Å². The van der Waals surface area contributed by atoms with Gasteiger partial charge in [-0.15, -0.1) is 0 Å². The van der Waals surface area contributed by atoms with Crippen LogP contribution in [0.15, 0.2) is 18.2 Å². The van der Waals surface area contributed by atoms with Crippen LogP contribution in [0.1, 0.15) is 64.0 Å². The lowest BCUT2D eigenvalue weighted by atomic mass is 9.68. The Morgan fingerprint density at radius 3 is 2.32 bits per heavy atom. The van der Waals surface area contributed by atoms with Crippen LogP contribution in [0.2, 0.25) is 0 Å². The molecule has 0 aromatic heterocycles. The summed E-state index contributed by atoms with van der Waals surface area (Å²) in [6, 6.07) is 6.07. The van der Waals surface area contributed by atoms with Crippen molar-refractivity contribution in [3.8, 4) is 5.75 Å². The Kier molecular flexibility index (Phi) is 3.91. The van der Waals surface area contributed by atoms with Crippen LogP contribution in [0, 0.1) is 0 Å². The molecule has 106 valence electrons. The number of hydrogen-bond donors (Lipinski definition) is 2. The summed E-state index contributed by atoms with van der Waals surface area (Å²) in [4.78, 5) is 0. The third kappa shape index (κ3) is 2.79. The van der Waals surface area contributed by atoms with Gasteiger partial charge in [-0.25, -0.2) is 0 Å². The fourth-order valence-corrected chi connectivity index (χ4v) is 3.24. The fraction of sp³-hybridized carbons (Fsp3) is 0.647. The molecule has 1 aromatic rings. The first-order chi connectivity index (χ1) is 8.89. The molecular formula is C17H27NO. The van der Waals surface area contributed by atoms with E-state index in [0.29, 0.717) is 12.3 Å². The van der Waals surface area contributed by atoms with Gasteiger partial charge in [-0.1, -0.05) is 52.2 Å². The van der Waals surface area contributed by atoms with E-state index in [9.17, 15) is 5.11 Å². The Morgan fingerprint density at radius 1 is 1.16 bits per heavy atom. The summed E-state index contributed by atoms with van der Waals surface area (Å²) < 4.78 is 0. The highest BCUT2D eigenvalue weighted by Crippen LogP contribution is 2.43. The number of nitrogens with two attached hydrogens (primary N) is 1. The van der Waals surface area contributed by atoms with Crippen molar-refractivity contribution in [3.05, 3.63) is 29.3 Å². The second kappa shape index (κ2) is 5.16. The van der Waals surface area contributed by atoms with E-state index in [2.05, 4.69) is 26.8 Å². The van der Waals surface area contributed by atoms with E-state index in [1.165, 1.54) is 24.8 Å². The maximum absolute atomic E-state index is 10.3. The Morgan fingerprint density at radius 2 is 1.79 bits per heavy atom. The SMILES string of the molecule is CC(C)(C)c1ccc(O)c(C2(CN)CCCCC2)c1. The van der Waals surface area contributed by atoms with Gasteiger partial charge in [-0.2, -0.15) is 0 Å². The summed E-state index contributed by atoms with van der Waals surface area (Å²) in [6.45, 7) is 7.26. The van der Waals surface area contributed by atoms with E-state index in [1.54, 1.807) is 0 Å². The van der Waals surface area contributed by atoms with Gasteiger partial charge >= 0.3 is 0 Å². The zero-order valence-corrected chi connectivity index (χ0v) is 12.5. The molecule has 3 N–H and O–H groups in total.